The van der Waals surface area contributed by atoms with Gasteiger partial charge in [-0.25, -0.2) is 0 Å². The molecule has 1 saturated carbocycles. The van der Waals surface area contributed by atoms with Crippen molar-refractivity contribution in [1.82, 2.24) is 16.0 Å². The Morgan fingerprint density at radius 3 is 2.50 bits per heavy atom. The summed E-state index contributed by atoms with van der Waals surface area (Å²) in [5.74, 6) is -0.521. The first-order valence-electron chi connectivity index (χ1n) is 11.3. The number of ketones is 1. The van der Waals surface area contributed by atoms with Crippen LogP contribution in [0.5, 0.6) is 0 Å². The first-order valence-corrected chi connectivity index (χ1v) is 11.3. The lowest BCUT2D eigenvalue weighted by Gasteiger charge is -2.40. The van der Waals surface area contributed by atoms with E-state index in [1.165, 1.54) is 19.3 Å². The highest BCUT2D eigenvalue weighted by molar-refractivity contribution is 6.00. The topological polar surface area (TPSA) is 90.5 Å². The zero-order valence-corrected chi connectivity index (χ0v) is 19.1. The van der Waals surface area contributed by atoms with Crippen molar-refractivity contribution < 1.29 is 14.7 Å². The SMILES string of the molecule is C=CCCC(C)(C=C)C(NC(=O)CO)C1=C(NC2CCCCC2)CNCC1=O.CC. The number of aliphatic hydroxyl groups is 1. The van der Waals surface area contributed by atoms with E-state index in [1.807, 2.05) is 26.8 Å². The van der Waals surface area contributed by atoms with Gasteiger partial charge in [0.15, 0.2) is 5.78 Å². The van der Waals surface area contributed by atoms with Crippen LogP contribution >= 0.6 is 0 Å². The summed E-state index contributed by atoms with van der Waals surface area (Å²) in [7, 11) is 0. The first-order chi connectivity index (χ1) is 14.4. The van der Waals surface area contributed by atoms with E-state index >= 15 is 0 Å². The van der Waals surface area contributed by atoms with Crippen LogP contribution in [0.4, 0.5) is 0 Å². The Labute approximate surface area is 182 Å². The van der Waals surface area contributed by atoms with E-state index in [-0.39, 0.29) is 12.3 Å². The number of carbonyl (C=O) groups excluding carboxylic acids is 2. The van der Waals surface area contributed by atoms with Crippen LogP contribution in [-0.2, 0) is 9.59 Å². The molecule has 1 fully saturated rings. The van der Waals surface area contributed by atoms with E-state index in [4.69, 9.17) is 0 Å². The van der Waals surface area contributed by atoms with Gasteiger partial charge in [-0.05, 0) is 25.7 Å². The third-order valence-corrected chi connectivity index (χ3v) is 5.95. The molecule has 1 amide bonds. The monoisotopic (exact) mass is 419 g/mol. The van der Waals surface area contributed by atoms with Gasteiger partial charge in [0.1, 0.15) is 6.61 Å². The van der Waals surface area contributed by atoms with Gasteiger partial charge in [0.25, 0.3) is 0 Å². The maximum Gasteiger partial charge on any atom is 0.246 e. The molecular formula is C24H41N3O3. The fraction of sp³-hybridized carbons (Fsp3) is 0.667. The molecule has 0 spiro atoms. The van der Waals surface area contributed by atoms with E-state index < -0.39 is 24.0 Å². The molecule has 0 bridgehead atoms. The smallest absolute Gasteiger partial charge is 0.246 e. The van der Waals surface area contributed by atoms with Crippen LogP contribution in [0.15, 0.2) is 36.6 Å². The summed E-state index contributed by atoms with van der Waals surface area (Å²) in [4.78, 5) is 25.1. The van der Waals surface area contributed by atoms with Crippen LogP contribution in [0.25, 0.3) is 0 Å². The third-order valence-electron chi connectivity index (χ3n) is 5.95. The summed E-state index contributed by atoms with van der Waals surface area (Å²) < 4.78 is 0. The number of carbonyl (C=O) groups is 2. The summed E-state index contributed by atoms with van der Waals surface area (Å²) >= 11 is 0. The Hall–Kier alpha value is -1.92. The maximum absolute atomic E-state index is 13.0. The summed E-state index contributed by atoms with van der Waals surface area (Å²) in [6, 6.07) is -0.200. The molecule has 1 aliphatic heterocycles. The van der Waals surface area contributed by atoms with Crippen molar-refractivity contribution >= 4 is 11.7 Å². The highest BCUT2D eigenvalue weighted by Gasteiger charge is 2.40. The largest absolute Gasteiger partial charge is 0.387 e. The normalized spacial score (nSPS) is 20.3. The van der Waals surface area contributed by atoms with E-state index in [0.717, 1.165) is 25.0 Å². The van der Waals surface area contributed by atoms with Gasteiger partial charge in [-0.1, -0.05) is 52.2 Å². The van der Waals surface area contributed by atoms with Crippen molar-refractivity contribution in [3.8, 4) is 0 Å². The maximum atomic E-state index is 13.0. The number of aliphatic hydroxyl groups excluding tert-OH is 1. The summed E-state index contributed by atoms with van der Waals surface area (Å²) in [6.45, 7) is 14.0. The number of nitrogens with one attached hydrogen (secondary N) is 3. The van der Waals surface area contributed by atoms with Crippen LogP contribution in [0, 0.1) is 5.41 Å². The van der Waals surface area contributed by atoms with Crippen molar-refractivity contribution in [2.45, 2.75) is 77.8 Å². The predicted octanol–water partition coefficient (Wildman–Crippen LogP) is 3.00. The Bertz CT molecular complexity index is 623. The van der Waals surface area contributed by atoms with Crippen molar-refractivity contribution in [3.05, 3.63) is 36.6 Å². The van der Waals surface area contributed by atoms with E-state index in [0.29, 0.717) is 24.6 Å². The van der Waals surface area contributed by atoms with Crippen LogP contribution < -0.4 is 16.0 Å². The highest BCUT2D eigenvalue weighted by atomic mass is 16.3. The average molecular weight is 420 g/mol. The molecule has 4 N–H and O–H groups in total. The lowest BCUT2D eigenvalue weighted by Crippen LogP contribution is -2.54. The molecule has 6 heteroatoms. The summed E-state index contributed by atoms with van der Waals surface area (Å²) in [5.41, 5.74) is 0.927. The van der Waals surface area contributed by atoms with Gasteiger partial charge in [-0.2, -0.15) is 0 Å². The Kier molecular flexibility index (Phi) is 11.7. The van der Waals surface area contributed by atoms with Gasteiger partial charge in [0.2, 0.25) is 5.91 Å². The number of amides is 1. The fourth-order valence-electron chi connectivity index (χ4n) is 4.17. The number of hydrogen-bond donors (Lipinski definition) is 4. The number of rotatable bonds is 10. The quantitative estimate of drug-likeness (QED) is 0.409. The Morgan fingerprint density at radius 2 is 1.93 bits per heavy atom. The minimum atomic E-state index is -0.615. The minimum Gasteiger partial charge on any atom is -0.387 e. The van der Waals surface area contributed by atoms with Gasteiger partial charge in [0.05, 0.1) is 12.6 Å². The first kappa shape index (κ1) is 26.1. The van der Waals surface area contributed by atoms with Gasteiger partial charge >= 0.3 is 0 Å². The molecule has 2 rings (SSSR count). The number of hydrogen-bond acceptors (Lipinski definition) is 5. The Balaban J connectivity index is 0.00000218. The predicted molar refractivity (Wildman–Crippen MR) is 123 cm³/mol. The molecule has 0 radical (unpaired) electrons. The number of Topliss-reactive ketones (excluding diaryl/α,β-unsaturated/α-hetero) is 1. The van der Waals surface area contributed by atoms with E-state index in [2.05, 4.69) is 29.1 Å². The van der Waals surface area contributed by atoms with Gasteiger partial charge in [-0.15, -0.1) is 13.2 Å². The fourth-order valence-corrected chi connectivity index (χ4v) is 4.17. The molecule has 0 aromatic carbocycles. The Morgan fingerprint density at radius 1 is 1.27 bits per heavy atom. The van der Waals surface area contributed by atoms with Crippen molar-refractivity contribution in [2.75, 3.05) is 19.7 Å². The molecule has 2 atom stereocenters. The second-order valence-corrected chi connectivity index (χ2v) is 8.09. The summed E-state index contributed by atoms with van der Waals surface area (Å²) in [6.07, 6.45) is 10.9. The van der Waals surface area contributed by atoms with Crippen molar-refractivity contribution in [3.63, 3.8) is 0 Å². The molecule has 1 heterocycles. The second-order valence-electron chi connectivity index (χ2n) is 8.09. The van der Waals surface area contributed by atoms with Gasteiger partial charge in [-0.3, -0.25) is 9.59 Å². The number of allylic oxidation sites excluding steroid dienone is 1. The molecule has 2 aliphatic rings. The third kappa shape index (κ3) is 7.10. The van der Waals surface area contributed by atoms with Crippen LogP contribution in [-0.4, -0.2) is 48.6 Å². The zero-order valence-electron chi connectivity index (χ0n) is 19.1. The highest BCUT2D eigenvalue weighted by Crippen LogP contribution is 2.35. The van der Waals surface area contributed by atoms with Crippen molar-refractivity contribution in [2.24, 2.45) is 5.41 Å². The van der Waals surface area contributed by atoms with E-state index in [1.54, 1.807) is 6.08 Å². The van der Waals surface area contributed by atoms with Crippen LogP contribution in [0.1, 0.15) is 65.7 Å². The second kappa shape index (κ2) is 13.4. The van der Waals surface area contributed by atoms with Crippen molar-refractivity contribution in [1.29, 1.82) is 0 Å². The molecule has 170 valence electrons. The van der Waals surface area contributed by atoms with E-state index in [9.17, 15) is 14.7 Å². The molecule has 0 aromatic heterocycles. The molecule has 0 aromatic rings. The summed E-state index contributed by atoms with van der Waals surface area (Å²) in [5, 5.41) is 19.0. The lowest BCUT2D eigenvalue weighted by atomic mass is 9.73. The average Bonchev–Trinajstić information content (AvgIpc) is 2.78. The van der Waals surface area contributed by atoms with Gasteiger partial charge < -0.3 is 21.1 Å². The molecule has 0 saturated heterocycles. The minimum absolute atomic E-state index is 0.0283. The molecule has 2 unspecified atom stereocenters. The van der Waals surface area contributed by atoms with Crippen LogP contribution in [0.2, 0.25) is 0 Å². The van der Waals surface area contributed by atoms with Gasteiger partial charge in [0, 0.05) is 29.3 Å². The molecule has 30 heavy (non-hydrogen) atoms. The standard InChI is InChI=1S/C22H35N3O3.C2H6/c1-4-6-12-22(3,5-2)21(25-19(28)15-26)20-17(13-23-14-18(20)27)24-16-10-8-7-9-11-16;1-2/h4-5,16,21,23-24,26H,1-2,6-15H2,3H3,(H,25,28);1-2H3. The molecular weight excluding hydrogens is 378 g/mol. The molecule has 1 aliphatic carbocycles. The molecule has 6 nitrogen and oxygen atoms in total. The van der Waals surface area contributed by atoms with Crippen LogP contribution in [0.3, 0.4) is 0 Å². The lowest BCUT2D eigenvalue weighted by molar-refractivity contribution is -0.125. The zero-order chi connectivity index (χ0) is 22.6.